The van der Waals surface area contributed by atoms with Crippen molar-refractivity contribution in [3.63, 3.8) is 0 Å². The molecule has 0 atom stereocenters. The number of hydrogen-bond donors (Lipinski definition) is 0. The molecule has 0 fully saturated rings. The zero-order chi connectivity index (χ0) is 12.0. The van der Waals surface area contributed by atoms with Crippen molar-refractivity contribution < 1.29 is 0 Å². The molecule has 0 aliphatic carbocycles. The molecule has 0 aliphatic heterocycles. The molecular formula is C14H9BrClN. The summed E-state index contributed by atoms with van der Waals surface area (Å²) >= 11 is 9.86. The smallest absolute Gasteiger partial charge is 0.0799 e. The summed E-state index contributed by atoms with van der Waals surface area (Å²) in [5.74, 6) is 0. The van der Waals surface area contributed by atoms with Crippen LogP contribution in [-0.4, -0.2) is 4.98 Å². The fraction of sp³-hybridized carbons (Fsp3) is 0.0714. The number of rotatable bonds is 0. The molecule has 0 N–H and O–H groups in total. The molecule has 0 saturated heterocycles. The van der Waals surface area contributed by atoms with Crippen LogP contribution in [0.1, 0.15) is 5.69 Å². The van der Waals surface area contributed by atoms with Gasteiger partial charge in [-0.25, -0.2) is 0 Å². The van der Waals surface area contributed by atoms with Crippen LogP contribution in [0.15, 0.2) is 40.9 Å². The first-order chi connectivity index (χ1) is 8.16. The molecule has 84 valence electrons. The topological polar surface area (TPSA) is 12.9 Å². The summed E-state index contributed by atoms with van der Waals surface area (Å²) in [6.45, 7) is 1.96. The molecule has 2 aromatic carbocycles. The number of aromatic nitrogens is 1. The molecule has 1 aromatic heterocycles. The molecule has 1 heterocycles. The second kappa shape index (κ2) is 3.97. The Morgan fingerprint density at radius 2 is 1.76 bits per heavy atom. The van der Waals surface area contributed by atoms with E-state index in [-0.39, 0.29) is 0 Å². The van der Waals surface area contributed by atoms with Gasteiger partial charge in [0.25, 0.3) is 0 Å². The van der Waals surface area contributed by atoms with Crippen LogP contribution >= 0.6 is 27.5 Å². The lowest BCUT2D eigenvalue weighted by atomic mass is 10.1. The molecule has 0 saturated carbocycles. The Morgan fingerprint density at radius 3 is 2.53 bits per heavy atom. The molecule has 0 spiro atoms. The average Bonchev–Trinajstić information content (AvgIpc) is 2.31. The van der Waals surface area contributed by atoms with Crippen molar-refractivity contribution in [3.8, 4) is 0 Å². The van der Waals surface area contributed by atoms with Gasteiger partial charge in [0.15, 0.2) is 0 Å². The second-order valence-electron chi connectivity index (χ2n) is 4.05. The molecule has 1 nitrogen and oxygen atoms in total. The van der Waals surface area contributed by atoms with Gasteiger partial charge in [0, 0.05) is 20.9 Å². The first kappa shape index (κ1) is 11.0. The number of pyridine rings is 1. The minimum Gasteiger partial charge on any atom is -0.252 e. The van der Waals surface area contributed by atoms with E-state index < -0.39 is 0 Å². The van der Waals surface area contributed by atoms with Crippen molar-refractivity contribution >= 4 is 49.2 Å². The van der Waals surface area contributed by atoms with E-state index in [1.165, 1.54) is 0 Å². The molecule has 0 amide bonds. The van der Waals surface area contributed by atoms with Gasteiger partial charge >= 0.3 is 0 Å². The van der Waals surface area contributed by atoms with Crippen molar-refractivity contribution in [3.05, 3.63) is 51.6 Å². The highest BCUT2D eigenvalue weighted by atomic mass is 79.9. The number of nitrogens with zero attached hydrogens (tertiary/aromatic N) is 1. The molecule has 0 bridgehead atoms. The first-order valence-electron chi connectivity index (χ1n) is 5.31. The summed E-state index contributed by atoms with van der Waals surface area (Å²) in [7, 11) is 0. The van der Waals surface area contributed by atoms with Gasteiger partial charge in [0.05, 0.1) is 10.5 Å². The largest absolute Gasteiger partial charge is 0.252 e. The van der Waals surface area contributed by atoms with Crippen molar-refractivity contribution in [1.29, 1.82) is 0 Å². The number of aryl methyl sites for hydroxylation is 1. The van der Waals surface area contributed by atoms with Crippen LogP contribution in [0.2, 0.25) is 5.02 Å². The summed E-state index contributed by atoms with van der Waals surface area (Å²) < 4.78 is 1.05. The quantitative estimate of drug-likeness (QED) is 0.526. The molecule has 17 heavy (non-hydrogen) atoms. The van der Waals surface area contributed by atoms with Gasteiger partial charge in [-0.1, -0.05) is 51.8 Å². The van der Waals surface area contributed by atoms with Crippen LogP contribution in [0.3, 0.4) is 0 Å². The zero-order valence-corrected chi connectivity index (χ0v) is 11.5. The Balaban J connectivity index is 2.63. The van der Waals surface area contributed by atoms with E-state index in [1.807, 2.05) is 31.2 Å². The lowest BCUT2D eigenvalue weighted by Crippen LogP contribution is -1.87. The molecule has 3 aromatic rings. The third-order valence-electron chi connectivity index (χ3n) is 2.85. The van der Waals surface area contributed by atoms with E-state index in [4.69, 9.17) is 11.6 Å². The van der Waals surface area contributed by atoms with Gasteiger partial charge in [-0.3, -0.25) is 4.98 Å². The van der Waals surface area contributed by atoms with Gasteiger partial charge in [-0.15, -0.1) is 0 Å². The molecule has 3 heteroatoms. The molecule has 0 aliphatic rings. The molecule has 0 unspecified atom stereocenters. The Morgan fingerprint density at radius 1 is 1.06 bits per heavy atom. The Labute approximate surface area is 113 Å². The third-order valence-corrected chi connectivity index (χ3v) is 3.82. The summed E-state index contributed by atoms with van der Waals surface area (Å²) in [5.41, 5.74) is 1.91. The highest BCUT2D eigenvalue weighted by molar-refractivity contribution is 9.10. The SMILES string of the molecule is Cc1cc(Cl)c2cc(Br)c3ccccc3c2n1. The molecule has 0 radical (unpaired) electrons. The summed E-state index contributed by atoms with van der Waals surface area (Å²) in [6, 6.07) is 12.1. The number of halogens is 2. The van der Waals surface area contributed by atoms with Gasteiger partial charge < -0.3 is 0 Å². The zero-order valence-electron chi connectivity index (χ0n) is 9.17. The van der Waals surface area contributed by atoms with E-state index in [0.29, 0.717) is 0 Å². The van der Waals surface area contributed by atoms with E-state index >= 15 is 0 Å². The number of benzene rings is 2. The predicted molar refractivity (Wildman–Crippen MR) is 76.7 cm³/mol. The Hall–Kier alpha value is -1.12. The van der Waals surface area contributed by atoms with Crippen molar-refractivity contribution in [1.82, 2.24) is 4.98 Å². The first-order valence-corrected chi connectivity index (χ1v) is 6.48. The predicted octanol–water partition coefficient (Wildman–Crippen LogP) is 5.11. The monoisotopic (exact) mass is 305 g/mol. The fourth-order valence-electron chi connectivity index (χ4n) is 2.09. The maximum atomic E-state index is 6.27. The van der Waals surface area contributed by atoms with Crippen LogP contribution in [0.4, 0.5) is 0 Å². The van der Waals surface area contributed by atoms with Crippen LogP contribution in [0.5, 0.6) is 0 Å². The van der Waals surface area contributed by atoms with E-state index in [0.717, 1.165) is 36.9 Å². The van der Waals surface area contributed by atoms with Gasteiger partial charge in [0.2, 0.25) is 0 Å². The average molecular weight is 307 g/mol. The minimum absolute atomic E-state index is 0.749. The molecular weight excluding hydrogens is 298 g/mol. The second-order valence-corrected chi connectivity index (χ2v) is 5.31. The molecule has 3 rings (SSSR count). The van der Waals surface area contributed by atoms with Crippen LogP contribution < -0.4 is 0 Å². The number of fused-ring (bicyclic) bond motifs is 3. The Bertz CT molecular complexity index is 737. The van der Waals surface area contributed by atoms with Crippen molar-refractivity contribution in [2.75, 3.05) is 0 Å². The summed E-state index contributed by atoms with van der Waals surface area (Å²) in [4.78, 5) is 4.60. The van der Waals surface area contributed by atoms with Gasteiger partial charge in [-0.05, 0) is 24.4 Å². The normalized spacial score (nSPS) is 11.2. The van der Waals surface area contributed by atoms with Crippen molar-refractivity contribution in [2.24, 2.45) is 0 Å². The van der Waals surface area contributed by atoms with E-state index in [9.17, 15) is 0 Å². The Kier molecular flexibility index (Phi) is 2.57. The maximum absolute atomic E-state index is 6.27. The standard InChI is InChI=1S/C14H9BrClN/c1-8-6-13(16)11-7-12(15)9-4-2-3-5-10(9)14(11)17-8/h2-7H,1H3. The number of hydrogen-bond acceptors (Lipinski definition) is 1. The fourth-order valence-corrected chi connectivity index (χ4v) is 2.96. The van der Waals surface area contributed by atoms with E-state index in [2.05, 4.69) is 33.0 Å². The lowest BCUT2D eigenvalue weighted by molar-refractivity contribution is 1.26. The third kappa shape index (κ3) is 1.72. The van der Waals surface area contributed by atoms with Crippen LogP contribution in [0.25, 0.3) is 21.7 Å². The van der Waals surface area contributed by atoms with E-state index in [1.54, 1.807) is 0 Å². The summed E-state index contributed by atoms with van der Waals surface area (Å²) in [5, 5.41) is 4.03. The minimum atomic E-state index is 0.749. The van der Waals surface area contributed by atoms with Crippen LogP contribution in [0, 0.1) is 6.92 Å². The van der Waals surface area contributed by atoms with Gasteiger partial charge in [0.1, 0.15) is 0 Å². The maximum Gasteiger partial charge on any atom is 0.0799 e. The van der Waals surface area contributed by atoms with Gasteiger partial charge in [-0.2, -0.15) is 0 Å². The highest BCUT2D eigenvalue weighted by Crippen LogP contribution is 2.34. The van der Waals surface area contributed by atoms with Crippen LogP contribution in [-0.2, 0) is 0 Å². The van der Waals surface area contributed by atoms with Crippen molar-refractivity contribution in [2.45, 2.75) is 6.92 Å². The lowest BCUT2D eigenvalue weighted by Gasteiger charge is -2.08. The summed E-state index contributed by atoms with van der Waals surface area (Å²) in [6.07, 6.45) is 0. The highest BCUT2D eigenvalue weighted by Gasteiger charge is 2.08.